The number of ketones is 2. The van der Waals surface area contributed by atoms with E-state index in [1.807, 2.05) is 27.0 Å². The Balaban J connectivity index is 2.16. The number of carbonyl (C=O) groups is 4. The first-order valence-corrected chi connectivity index (χ1v) is 14.5. The van der Waals surface area contributed by atoms with Crippen LogP contribution in [0.25, 0.3) is 5.76 Å². The zero-order chi connectivity index (χ0) is 30.9. The fraction of sp³-hybridized carbons (Fsp3) is 0.517. The van der Waals surface area contributed by atoms with Crippen molar-refractivity contribution < 1.29 is 44.3 Å². The van der Waals surface area contributed by atoms with E-state index in [-0.39, 0.29) is 16.9 Å². The maximum Gasteiger partial charge on any atom is 0.302 e. The first-order chi connectivity index (χ1) is 18.9. The van der Waals surface area contributed by atoms with Gasteiger partial charge >= 0.3 is 5.97 Å². The summed E-state index contributed by atoms with van der Waals surface area (Å²) in [5.74, 6) is -9.37. The van der Waals surface area contributed by atoms with Gasteiger partial charge in [-0.15, -0.1) is 0 Å². The standard InChI is InChI=1S/C29H36N2O9S/c1-11(32)40-24-15-13(10-41-7)12-8-9-14(28(2,3)4)21(33)16(12)22(34)17(15)25(36)29(39)19(24)20(31(5)6)23(35)18(26(29)37)27(30)38/h8-9,13,15,19-20,24,33-34,37,39H,10H2,1-7H3,(H2,30,38)/t13?,15?,19?,20-,24?,29-/m0/s1. The Hall–Kier alpha value is -3.35. The number of ether oxygens (including phenoxy) is 1. The fourth-order valence-corrected chi connectivity index (χ4v) is 7.47. The molecule has 0 saturated heterocycles. The molecule has 1 fully saturated rings. The molecule has 3 aliphatic rings. The van der Waals surface area contributed by atoms with Crippen molar-refractivity contribution in [1.82, 2.24) is 4.90 Å². The topological polar surface area (TPSA) is 188 Å². The van der Waals surface area contributed by atoms with Gasteiger partial charge in [-0.25, -0.2) is 0 Å². The number of thioether (sulfide) groups is 1. The van der Waals surface area contributed by atoms with Gasteiger partial charge < -0.3 is 30.9 Å². The van der Waals surface area contributed by atoms with Crippen molar-refractivity contribution in [3.8, 4) is 5.75 Å². The van der Waals surface area contributed by atoms with Gasteiger partial charge in [0.15, 0.2) is 11.4 Å². The highest BCUT2D eigenvalue weighted by molar-refractivity contribution is 7.98. The van der Waals surface area contributed by atoms with Crippen LogP contribution in [0.5, 0.6) is 5.75 Å². The van der Waals surface area contributed by atoms with Crippen molar-refractivity contribution in [2.45, 2.75) is 56.8 Å². The second-order valence-corrected chi connectivity index (χ2v) is 13.0. The molecule has 0 spiro atoms. The number of aliphatic hydroxyl groups excluding tert-OH is 2. The number of Topliss-reactive ketones (excluding diaryl/α,β-unsaturated/α-hetero) is 2. The molecule has 6 atom stereocenters. The summed E-state index contributed by atoms with van der Waals surface area (Å²) in [6, 6.07) is 2.07. The average molecular weight is 589 g/mol. The second kappa shape index (κ2) is 10.2. The predicted octanol–water partition coefficient (Wildman–Crippen LogP) is 1.71. The monoisotopic (exact) mass is 588 g/mol. The maximum atomic E-state index is 14.4. The Labute approximate surface area is 242 Å². The van der Waals surface area contributed by atoms with Crippen molar-refractivity contribution >= 4 is 41.0 Å². The SMILES string of the molecule is CSCC1c2ccc(C(C)(C)C)c(O)c2C(O)=C2C(=O)[C@]3(O)C(O)=C(C(N)=O)C(=O)[C@@H](N(C)C)C3C(OC(C)=O)C21. The summed E-state index contributed by atoms with van der Waals surface area (Å²) in [5.41, 5.74) is 1.55. The van der Waals surface area contributed by atoms with E-state index in [0.29, 0.717) is 16.9 Å². The highest BCUT2D eigenvalue weighted by Gasteiger charge is 2.69. The molecule has 1 aromatic rings. The number of carbonyl (C=O) groups excluding carboxylic acids is 4. The number of nitrogens with zero attached hydrogens (tertiary/aromatic N) is 1. The molecule has 41 heavy (non-hydrogen) atoms. The van der Waals surface area contributed by atoms with Crippen molar-refractivity contribution in [1.29, 1.82) is 0 Å². The number of hydrogen-bond acceptors (Lipinski definition) is 11. The van der Waals surface area contributed by atoms with E-state index in [1.165, 1.54) is 30.8 Å². The lowest BCUT2D eigenvalue weighted by atomic mass is 9.54. The molecule has 1 amide bonds. The van der Waals surface area contributed by atoms with Crippen LogP contribution >= 0.6 is 11.8 Å². The first-order valence-electron chi connectivity index (χ1n) is 13.1. The Morgan fingerprint density at radius 3 is 2.24 bits per heavy atom. The molecular weight excluding hydrogens is 552 g/mol. The van der Waals surface area contributed by atoms with E-state index in [2.05, 4.69) is 0 Å². The molecule has 12 heteroatoms. The van der Waals surface area contributed by atoms with Crippen LogP contribution in [0.2, 0.25) is 0 Å². The van der Waals surface area contributed by atoms with Crippen LogP contribution in [-0.4, -0.2) is 92.6 Å². The van der Waals surface area contributed by atoms with Crippen LogP contribution in [0.15, 0.2) is 29.0 Å². The summed E-state index contributed by atoms with van der Waals surface area (Å²) >= 11 is 1.41. The molecule has 0 aromatic heterocycles. The van der Waals surface area contributed by atoms with Gasteiger partial charge in [0.05, 0.1) is 17.5 Å². The molecule has 6 N–H and O–H groups in total. The van der Waals surface area contributed by atoms with Crippen LogP contribution < -0.4 is 5.73 Å². The van der Waals surface area contributed by atoms with E-state index in [0.717, 1.165) is 6.92 Å². The fourth-order valence-electron chi connectivity index (χ4n) is 6.72. The van der Waals surface area contributed by atoms with Gasteiger partial charge in [-0.3, -0.25) is 24.1 Å². The smallest absolute Gasteiger partial charge is 0.302 e. The quantitative estimate of drug-likeness (QED) is 0.249. The summed E-state index contributed by atoms with van der Waals surface area (Å²) < 4.78 is 5.77. The lowest BCUT2D eigenvalue weighted by Gasteiger charge is -2.54. The van der Waals surface area contributed by atoms with Crippen LogP contribution in [-0.2, 0) is 29.3 Å². The van der Waals surface area contributed by atoms with Crippen LogP contribution in [0.3, 0.4) is 0 Å². The van der Waals surface area contributed by atoms with Gasteiger partial charge in [0, 0.05) is 35.6 Å². The van der Waals surface area contributed by atoms with E-state index < -0.39 is 81.4 Å². The lowest BCUT2D eigenvalue weighted by molar-refractivity contribution is -0.184. The Kier molecular flexibility index (Phi) is 7.60. The normalized spacial score (nSPS) is 29.7. The first kappa shape index (κ1) is 30.6. The molecule has 0 aliphatic heterocycles. The summed E-state index contributed by atoms with van der Waals surface area (Å²) in [4.78, 5) is 54.1. The van der Waals surface area contributed by atoms with Crippen molar-refractivity contribution in [2.24, 2.45) is 17.6 Å². The predicted molar refractivity (Wildman–Crippen MR) is 151 cm³/mol. The van der Waals surface area contributed by atoms with Crippen molar-refractivity contribution in [3.05, 3.63) is 45.7 Å². The van der Waals surface area contributed by atoms with Crippen LogP contribution in [0.4, 0.5) is 0 Å². The van der Waals surface area contributed by atoms with Gasteiger partial charge in [0.1, 0.15) is 28.9 Å². The largest absolute Gasteiger partial charge is 0.508 e. The number of hydrogen-bond donors (Lipinski definition) is 5. The van der Waals surface area contributed by atoms with E-state index in [1.54, 1.807) is 12.1 Å². The number of amides is 1. The number of rotatable bonds is 5. The summed E-state index contributed by atoms with van der Waals surface area (Å²) in [6.07, 6.45) is 0.401. The number of aromatic hydroxyl groups is 1. The average Bonchev–Trinajstić information content (AvgIpc) is 2.83. The zero-order valence-corrected chi connectivity index (χ0v) is 24.8. The van der Waals surface area contributed by atoms with Crippen molar-refractivity contribution in [2.75, 3.05) is 26.1 Å². The molecular formula is C29H36N2O9S. The molecule has 4 rings (SSSR count). The summed E-state index contributed by atoms with van der Waals surface area (Å²) in [7, 11) is 2.95. The van der Waals surface area contributed by atoms with Gasteiger partial charge in [-0.1, -0.05) is 32.9 Å². The molecule has 0 bridgehead atoms. The van der Waals surface area contributed by atoms with E-state index in [9.17, 15) is 39.6 Å². The number of phenols is 1. The second-order valence-electron chi connectivity index (χ2n) is 12.1. The summed E-state index contributed by atoms with van der Waals surface area (Å²) in [6.45, 7) is 6.73. The number of fused-ring (bicyclic) bond motifs is 3. The van der Waals surface area contributed by atoms with Gasteiger partial charge in [-0.2, -0.15) is 11.8 Å². The summed E-state index contributed by atoms with van der Waals surface area (Å²) in [5, 5.41) is 46.4. The minimum atomic E-state index is -2.97. The zero-order valence-electron chi connectivity index (χ0n) is 24.0. The molecule has 1 aromatic carbocycles. The molecule has 11 nitrogen and oxygen atoms in total. The number of primary amides is 1. The minimum absolute atomic E-state index is 0.00524. The molecule has 0 heterocycles. The molecule has 3 aliphatic carbocycles. The number of phenolic OH excluding ortho intramolecular Hbond substituents is 1. The molecule has 222 valence electrons. The number of benzene rings is 1. The third kappa shape index (κ3) is 4.34. The maximum absolute atomic E-state index is 14.4. The highest BCUT2D eigenvalue weighted by Crippen LogP contribution is 2.58. The minimum Gasteiger partial charge on any atom is -0.508 e. The van der Waals surface area contributed by atoms with Gasteiger partial charge in [0.25, 0.3) is 5.91 Å². The van der Waals surface area contributed by atoms with E-state index >= 15 is 0 Å². The molecule has 1 saturated carbocycles. The van der Waals surface area contributed by atoms with E-state index in [4.69, 9.17) is 10.5 Å². The van der Waals surface area contributed by atoms with Crippen LogP contribution in [0, 0.1) is 11.8 Å². The number of nitrogens with two attached hydrogens (primary N) is 1. The number of aliphatic hydroxyl groups is 3. The highest BCUT2D eigenvalue weighted by atomic mass is 32.2. The Morgan fingerprint density at radius 2 is 1.76 bits per heavy atom. The number of likely N-dealkylation sites (N-methyl/N-ethyl adjacent to an activating group) is 1. The molecule has 0 radical (unpaired) electrons. The van der Waals surface area contributed by atoms with Crippen LogP contribution in [0.1, 0.15) is 50.3 Å². The van der Waals surface area contributed by atoms with Crippen molar-refractivity contribution in [3.63, 3.8) is 0 Å². The lowest BCUT2D eigenvalue weighted by Crippen LogP contribution is -2.71. The number of esters is 1. The van der Waals surface area contributed by atoms with Gasteiger partial charge in [0.2, 0.25) is 5.78 Å². The van der Waals surface area contributed by atoms with Gasteiger partial charge in [-0.05, 0) is 31.3 Å². The Bertz CT molecular complexity index is 1420. The third-order valence-electron chi connectivity index (χ3n) is 8.36. The third-order valence-corrected chi connectivity index (χ3v) is 9.05. The molecule has 4 unspecified atom stereocenters. The Morgan fingerprint density at radius 1 is 1.15 bits per heavy atom.